The third kappa shape index (κ3) is 4.96. The SMILES string of the molecule is CCOc1ccccc1NC(=O)CSc1nnc(CSC)o1. The highest BCUT2D eigenvalue weighted by Gasteiger charge is 2.11. The molecule has 0 radical (unpaired) electrons. The molecule has 1 amide bonds. The van der Waals surface area contributed by atoms with Gasteiger partial charge in [-0.25, -0.2) is 0 Å². The molecule has 0 atom stereocenters. The van der Waals surface area contributed by atoms with E-state index in [1.165, 1.54) is 11.8 Å². The van der Waals surface area contributed by atoms with E-state index < -0.39 is 0 Å². The Morgan fingerprint density at radius 3 is 2.95 bits per heavy atom. The predicted octanol–water partition coefficient (Wildman–Crippen LogP) is 3.06. The summed E-state index contributed by atoms with van der Waals surface area (Å²) in [5.41, 5.74) is 0.656. The van der Waals surface area contributed by atoms with Crippen molar-refractivity contribution in [3.05, 3.63) is 30.2 Å². The number of nitrogens with one attached hydrogen (secondary N) is 1. The van der Waals surface area contributed by atoms with Crippen LogP contribution in [0.15, 0.2) is 33.9 Å². The molecule has 0 unspecified atom stereocenters. The molecule has 1 aromatic carbocycles. The summed E-state index contributed by atoms with van der Waals surface area (Å²) < 4.78 is 10.9. The minimum Gasteiger partial charge on any atom is -0.492 e. The van der Waals surface area contributed by atoms with Crippen LogP contribution in [0.3, 0.4) is 0 Å². The van der Waals surface area contributed by atoms with Gasteiger partial charge in [0.2, 0.25) is 11.8 Å². The summed E-state index contributed by atoms with van der Waals surface area (Å²) in [5, 5.41) is 11.0. The first-order valence-electron chi connectivity index (χ1n) is 6.68. The monoisotopic (exact) mass is 339 g/mol. The van der Waals surface area contributed by atoms with Crippen LogP contribution in [0.2, 0.25) is 0 Å². The van der Waals surface area contributed by atoms with Crippen LogP contribution in [0.25, 0.3) is 0 Å². The molecule has 0 fully saturated rings. The zero-order chi connectivity index (χ0) is 15.8. The van der Waals surface area contributed by atoms with E-state index in [0.717, 1.165) is 0 Å². The second-order valence-electron chi connectivity index (χ2n) is 4.16. The van der Waals surface area contributed by atoms with E-state index in [2.05, 4.69) is 15.5 Å². The largest absolute Gasteiger partial charge is 0.492 e. The van der Waals surface area contributed by atoms with Crippen LogP contribution < -0.4 is 10.1 Å². The Morgan fingerprint density at radius 2 is 2.18 bits per heavy atom. The lowest BCUT2D eigenvalue weighted by Crippen LogP contribution is -2.14. The highest BCUT2D eigenvalue weighted by atomic mass is 32.2. The van der Waals surface area contributed by atoms with Gasteiger partial charge in [0.05, 0.1) is 23.8 Å². The number of rotatable bonds is 8. The normalized spacial score (nSPS) is 10.5. The Morgan fingerprint density at radius 1 is 1.36 bits per heavy atom. The summed E-state index contributed by atoms with van der Waals surface area (Å²) in [6.07, 6.45) is 1.96. The van der Waals surface area contributed by atoms with Gasteiger partial charge < -0.3 is 14.5 Å². The van der Waals surface area contributed by atoms with E-state index in [0.29, 0.717) is 34.9 Å². The lowest BCUT2D eigenvalue weighted by molar-refractivity contribution is -0.113. The Bertz CT molecular complexity index is 619. The molecule has 0 aliphatic rings. The Labute approximate surface area is 137 Å². The first kappa shape index (κ1) is 16.7. The predicted molar refractivity (Wildman–Crippen MR) is 88.5 cm³/mol. The van der Waals surface area contributed by atoms with Crippen molar-refractivity contribution in [2.24, 2.45) is 0 Å². The summed E-state index contributed by atoms with van der Waals surface area (Å²) in [4.78, 5) is 12.0. The molecule has 2 rings (SSSR count). The number of anilines is 1. The second kappa shape index (κ2) is 8.70. The van der Waals surface area contributed by atoms with Gasteiger partial charge in [-0.1, -0.05) is 23.9 Å². The van der Waals surface area contributed by atoms with Gasteiger partial charge in [0.1, 0.15) is 5.75 Å². The van der Waals surface area contributed by atoms with Crippen molar-refractivity contribution >= 4 is 35.1 Å². The van der Waals surface area contributed by atoms with Crippen molar-refractivity contribution in [2.45, 2.75) is 17.9 Å². The van der Waals surface area contributed by atoms with Gasteiger partial charge in [0.25, 0.3) is 5.22 Å². The summed E-state index contributed by atoms with van der Waals surface area (Å²) in [6, 6.07) is 7.33. The molecule has 0 saturated heterocycles. The molecular weight excluding hydrogens is 322 g/mol. The van der Waals surface area contributed by atoms with Gasteiger partial charge >= 0.3 is 0 Å². The lowest BCUT2D eigenvalue weighted by Gasteiger charge is -2.10. The quantitative estimate of drug-likeness (QED) is 0.741. The number of thioether (sulfide) groups is 2. The first-order chi connectivity index (χ1) is 10.7. The van der Waals surface area contributed by atoms with Crippen LogP contribution in [0.5, 0.6) is 5.75 Å². The molecule has 0 aliphatic carbocycles. The van der Waals surface area contributed by atoms with Crippen LogP contribution in [-0.4, -0.2) is 34.7 Å². The molecular formula is C14H17N3O3S2. The maximum absolute atomic E-state index is 12.0. The van der Waals surface area contributed by atoms with Crippen molar-refractivity contribution in [1.82, 2.24) is 10.2 Å². The Kier molecular flexibility index (Phi) is 6.60. The fourth-order valence-electron chi connectivity index (χ4n) is 1.64. The number of carbonyl (C=O) groups excluding carboxylic acids is 1. The lowest BCUT2D eigenvalue weighted by atomic mass is 10.3. The van der Waals surface area contributed by atoms with Crippen molar-refractivity contribution in [1.29, 1.82) is 0 Å². The molecule has 0 aliphatic heterocycles. The molecule has 6 nitrogen and oxygen atoms in total. The van der Waals surface area contributed by atoms with E-state index in [-0.39, 0.29) is 11.7 Å². The van der Waals surface area contributed by atoms with Crippen LogP contribution in [-0.2, 0) is 10.5 Å². The minimum atomic E-state index is -0.151. The second-order valence-corrected chi connectivity index (χ2v) is 5.95. The summed E-state index contributed by atoms with van der Waals surface area (Å²) in [7, 11) is 0. The van der Waals surface area contributed by atoms with Crippen molar-refractivity contribution in [3.8, 4) is 5.75 Å². The van der Waals surface area contributed by atoms with Gasteiger partial charge in [-0.15, -0.1) is 10.2 Å². The van der Waals surface area contributed by atoms with E-state index in [4.69, 9.17) is 9.15 Å². The number of hydrogen-bond acceptors (Lipinski definition) is 7. The van der Waals surface area contributed by atoms with E-state index in [9.17, 15) is 4.79 Å². The van der Waals surface area contributed by atoms with Crippen LogP contribution in [0.4, 0.5) is 5.69 Å². The molecule has 2 aromatic rings. The zero-order valence-electron chi connectivity index (χ0n) is 12.4. The topological polar surface area (TPSA) is 77.2 Å². The zero-order valence-corrected chi connectivity index (χ0v) is 14.0. The highest BCUT2D eigenvalue weighted by Crippen LogP contribution is 2.24. The Balaban J connectivity index is 1.87. The van der Waals surface area contributed by atoms with Gasteiger partial charge in [-0.3, -0.25) is 4.79 Å². The molecule has 1 aromatic heterocycles. The third-order valence-electron chi connectivity index (χ3n) is 2.50. The molecule has 22 heavy (non-hydrogen) atoms. The fourth-order valence-corrected chi connectivity index (χ4v) is 2.59. The number of ether oxygens (including phenoxy) is 1. The minimum absolute atomic E-state index is 0.151. The molecule has 1 N–H and O–H groups in total. The number of para-hydroxylation sites is 2. The summed E-state index contributed by atoms with van der Waals surface area (Å²) in [6.45, 7) is 2.44. The van der Waals surface area contributed by atoms with Crippen LogP contribution >= 0.6 is 23.5 Å². The standard InChI is InChI=1S/C14H17N3O3S2/c1-3-19-11-7-5-4-6-10(11)15-12(18)8-22-14-17-16-13(20-14)9-21-2/h4-7H,3,8-9H2,1-2H3,(H,15,18). The number of hydrogen-bond donors (Lipinski definition) is 1. The first-order valence-corrected chi connectivity index (χ1v) is 9.06. The van der Waals surface area contributed by atoms with Gasteiger partial charge in [0.15, 0.2) is 0 Å². The maximum atomic E-state index is 12.0. The smallest absolute Gasteiger partial charge is 0.277 e. The number of aromatic nitrogens is 2. The van der Waals surface area contributed by atoms with Crippen molar-refractivity contribution in [3.63, 3.8) is 0 Å². The third-order valence-corrected chi connectivity index (χ3v) is 3.86. The van der Waals surface area contributed by atoms with Gasteiger partial charge in [0, 0.05) is 0 Å². The van der Waals surface area contributed by atoms with Crippen LogP contribution in [0.1, 0.15) is 12.8 Å². The molecule has 0 saturated carbocycles. The van der Waals surface area contributed by atoms with E-state index in [1.807, 2.05) is 31.4 Å². The molecule has 0 bridgehead atoms. The maximum Gasteiger partial charge on any atom is 0.277 e. The molecule has 1 heterocycles. The van der Waals surface area contributed by atoms with Crippen molar-refractivity contribution < 1.29 is 13.9 Å². The van der Waals surface area contributed by atoms with E-state index >= 15 is 0 Å². The fraction of sp³-hybridized carbons (Fsp3) is 0.357. The average Bonchev–Trinajstić information content (AvgIpc) is 2.96. The Hall–Kier alpha value is -1.67. The highest BCUT2D eigenvalue weighted by molar-refractivity contribution is 7.99. The van der Waals surface area contributed by atoms with Crippen LogP contribution in [0, 0.1) is 0 Å². The molecule has 118 valence electrons. The average molecular weight is 339 g/mol. The van der Waals surface area contributed by atoms with E-state index in [1.54, 1.807) is 17.8 Å². The molecule has 8 heteroatoms. The van der Waals surface area contributed by atoms with Gasteiger partial charge in [-0.05, 0) is 25.3 Å². The number of amides is 1. The summed E-state index contributed by atoms with van der Waals surface area (Å²) >= 11 is 2.81. The number of carbonyl (C=O) groups is 1. The summed E-state index contributed by atoms with van der Waals surface area (Å²) in [5.74, 6) is 1.94. The number of benzene rings is 1. The number of nitrogens with zero attached hydrogens (tertiary/aromatic N) is 2. The van der Waals surface area contributed by atoms with Crippen molar-refractivity contribution in [2.75, 3.05) is 23.9 Å². The van der Waals surface area contributed by atoms with Gasteiger partial charge in [-0.2, -0.15) is 11.8 Å². The molecule has 0 spiro atoms.